The Morgan fingerprint density at radius 3 is 2.50 bits per heavy atom. The summed E-state index contributed by atoms with van der Waals surface area (Å²) in [6, 6.07) is 6.49. The van der Waals surface area contributed by atoms with E-state index >= 15 is 0 Å². The van der Waals surface area contributed by atoms with Gasteiger partial charge < -0.3 is 10.0 Å². The average Bonchev–Trinajstić information content (AvgIpc) is 2.46. The fourth-order valence-electron chi connectivity index (χ4n) is 1.50. The first-order valence-corrected chi connectivity index (χ1v) is 4.28. The number of phenolic OH excluding ortho intramolecular Hbond substituents is 1. The minimum atomic E-state index is -0.253. The zero-order chi connectivity index (χ0) is 10.1. The number of aromatic hydroxyl groups is 1. The summed E-state index contributed by atoms with van der Waals surface area (Å²) in [5, 5.41) is 9.47. The van der Waals surface area contributed by atoms with E-state index in [-0.39, 0.29) is 30.4 Å². The minimum absolute atomic E-state index is 0.0237. The number of Topliss-reactive ketones (excluding diaryl/α,β-unsaturated/α-hetero) is 1. The van der Waals surface area contributed by atoms with Crippen LogP contribution >= 0.6 is 0 Å². The molecule has 0 saturated carbocycles. The lowest BCUT2D eigenvalue weighted by molar-refractivity contribution is -0.121. The Morgan fingerprint density at radius 1 is 1.21 bits per heavy atom. The van der Waals surface area contributed by atoms with Crippen LogP contribution < -0.4 is 4.90 Å². The van der Waals surface area contributed by atoms with Gasteiger partial charge in [0.15, 0.2) is 5.78 Å². The van der Waals surface area contributed by atoms with Crippen LogP contribution in [0.2, 0.25) is 0 Å². The Labute approximate surface area is 80.8 Å². The Bertz CT molecular complexity index is 400. The second-order valence-corrected chi connectivity index (χ2v) is 3.18. The molecule has 1 amide bonds. The summed E-state index contributed by atoms with van der Waals surface area (Å²) >= 11 is 0. The smallest absolute Gasteiger partial charge is 0.235 e. The van der Waals surface area contributed by atoms with Crippen LogP contribution in [0.5, 0.6) is 5.75 Å². The second-order valence-electron chi connectivity index (χ2n) is 3.18. The van der Waals surface area contributed by atoms with Crippen molar-refractivity contribution in [1.29, 1.82) is 0 Å². The molecule has 14 heavy (non-hydrogen) atoms. The Balaban J connectivity index is 2.36. The van der Waals surface area contributed by atoms with Crippen LogP contribution in [0.3, 0.4) is 0 Å². The molecule has 1 aliphatic heterocycles. The number of nitrogens with zero attached hydrogens (tertiary/aromatic N) is 1. The summed E-state index contributed by atoms with van der Waals surface area (Å²) in [6.45, 7) is 0.0659. The maximum Gasteiger partial charge on any atom is 0.235 e. The normalized spacial score (nSPS) is 16.4. The highest BCUT2D eigenvalue weighted by Crippen LogP contribution is 2.28. The molecule has 1 aliphatic rings. The largest absolute Gasteiger partial charge is 0.506 e. The maximum absolute atomic E-state index is 11.3. The first kappa shape index (κ1) is 8.74. The molecule has 4 heteroatoms. The highest BCUT2D eigenvalue weighted by atomic mass is 16.3. The van der Waals surface area contributed by atoms with Crippen molar-refractivity contribution < 1.29 is 14.7 Å². The zero-order valence-corrected chi connectivity index (χ0v) is 7.43. The summed E-state index contributed by atoms with van der Waals surface area (Å²) in [6.07, 6.45) is -0.0612. The van der Waals surface area contributed by atoms with E-state index in [2.05, 4.69) is 0 Å². The van der Waals surface area contributed by atoms with Gasteiger partial charge >= 0.3 is 0 Å². The van der Waals surface area contributed by atoms with Gasteiger partial charge in [0.25, 0.3) is 0 Å². The van der Waals surface area contributed by atoms with E-state index in [1.165, 1.54) is 11.0 Å². The summed E-state index contributed by atoms with van der Waals surface area (Å²) in [4.78, 5) is 23.6. The molecule has 4 nitrogen and oxygen atoms in total. The quantitative estimate of drug-likeness (QED) is 0.664. The van der Waals surface area contributed by atoms with E-state index in [1.54, 1.807) is 18.2 Å². The van der Waals surface area contributed by atoms with Gasteiger partial charge in [-0.3, -0.25) is 9.59 Å². The Morgan fingerprint density at radius 2 is 1.93 bits per heavy atom. The van der Waals surface area contributed by atoms with Crippen molar-refractivity contribution in [3.63, 3.8) is 0 Å². The lowest BCUT2D eigenvalue weighted by Gasteiger charge is -2.15. The van der Waals surface area contributed by atoms with E-state index in [0.717, 1.165) is 0 Å². The maximum atomic E-state index is 11.3. The first-order valence-electron chi connectivity index (χ1n) is 4.28. The lowest BCUT2D eigenvalue weighted by Crippen LogP contribution is -2.24. The van der Waals surface area contributed by atoms with Gasteiger partial charge in [-0.2, -0.15) is 0 Å². The van der Waals surface area contributed by atoms with Crippen molar-refractivity contribution in [2.24, 2.45) is 0 Å². The summed E-state index contributed by atoms with van der Waals surface area (Å²) in [5.41, 5.74) is 0.406. The number of carbonyl (C=O) groups excluding carboxylic acids is 2. The number of rotatable bonds is 1. The third kappa shape index (κ3) is 1.35. The molecule has 0 bridgehead atoms. The number of para-hydroxylation sites is 2. The van der Waals surface area contributed by atoms with Crippen molar-refractivity contribution in [1.82, 2.24) is 0 Å². The van der Waals surface area contributed by atoms with Crippen LogP contribution in [0.4, 0.5) is 5.69 Å². The van der Waals surface area contributed by atoms with Crippen molar-refractivity contribution >= 4 is 17.4 Å². The highest BCUT2D eigenvalue weighted by molar-refractivity contribution is 6.15. The molecule has 0 unspecified atom stereocenters. The number of phenols is 1. The van der Waals surface area contributed by atoms with Crippen LogP contribution in [0, 0.1) is 0 Å². The number of benzene rings is 1. The fourth-order valence-corrected chi connectivity index (χ4v) is 1.50. The molecule has 2 rings (SSSR count). The first-order chi connectivity index (χ1) is 6.68. The molecule has 0 aliphatic carbocycles. The van der Waals surface area contributed by atoms with Crippen LogP contribution in [0.25, 0.3) is 0 Å². The Hall–Kier alpha value is -1.84. The predicted octanol–water partition coefficient (Wildman–Crippen LogP) is 0.698. The van der Waals surface area contributed by atoms with Crippen molar-refractivity contribution in [3.05, 3.63) is 24.3 Å². The molecule has 1 fully saturated rings. The number of carbonyl (C=O) groups is 2. The molecule has 1 aromatic rings. The van der Waals surface area contributed by atoms with E-state index in [0.29, 0.717) is 5.69 Å². The van der Waals surface area contributed by atoms with Gasteiger partial charge in [-0.1, -0.05) is 12.1 Å². The molecule has 0 radical (unpaired) electrons. The van der Waals surface area contributed by atoms with Crippen molar-refractivity contribution in [3.8, 4) is 5.75 Å². The van der Waals surface area contributed by atoms with Crippen LogP contribution in [-0.4, -0.2) is 23.3 Å². The minimum Gasteiger partial charge on any atom is -0.506 e. The fraction of sp³-hybridized carbons (Fsp3) is 0.200. The number of hydrogen-bond donors (Lipinski definition) is 1. The molecule has 0 atom stereocenters. The number of hydrogen-bond acceptors (Lipinski definition) is 3. The molecule has 1 heterocycles. The molecule has 0 spiro atoms. The van der Waals surface area contributed by atoms with Crippen LogP contribution in [-0.2, 0) is 9.59 Å². The topological polar surface area (TPSA) is 57.6 Å². The SMILES string of the molecule is O=C1CC(=O)N(c2ccccc2O)C1. The second kappa shape index (κ2) is 3.14. The monoisotopic (exact) mass is 191 g/mol. The summed E-state index contributed by atoms with van der Waals surface area (Å²) < 4.78 is 0. The van der Waals surface area contributed by atoms with Gasteiger partial charge in [0.1, 0.15) is 5.75 Å². The average molecular weight is 191 g/mol. The molecule has 1 aromatic carbocycles. The van der Waals surface area contributed by atoms with Gasteiger partial charge in [0, 0.05) is 0 Å². The summed E-state index contributed by atoms with van der Waals surface area (Å²) in [7, 11) is 0. The predicted molar refractivity (Wildman–Crippen MR) is 50.1 cm³/mol. The van der Waals surface area contributed by atoms with Gasteiger partial charge in [0.2, 0.25) is 5.91 Å². The number of amides is 1. The Kier molecular flexibility index (Phi) is 1.96. The molecule has 0 aromatic heterocycles. The van der Waals surface area contributed by atoms with Crippen molar-refractivity contribution in [2.45, 2.75) is 6.42 Å². The van der Waals surface area contributed by atoms with Crippen LogP contribution in [0.1, 0.15) is 6.42 Å². The lowest BCUT2D eigenvalue weighted by atomic mass is 10.2. The third-order valence-corrected chi connectivity index (χ3v) is 2.16. The van der Waals surface area contributed by atoms with E-state index in [1.807, 2.05) is 0 Å². The number of ketones is 1. The summed E-state index contributed by atoms with van der Waals surface area (Å²) in [5.74, 6) is -0.342. The van der Waals surface area contributed by atoms with E-state index in [9.17, 15) is 14.7 Å². The highest BCUT2D eigenvalue weighted by Gasteiger charge is 2.29. The van der Waals surface area contributed by atoms with Gasteiger partial charge in [0.05, 0.1) is 18.7 Å². The van der Waals surface area contributed by atoms with Gasteiger partial charge in [-0.15, -0.1) is 0 Å². The van der Waals surface area contributed by atoms with Crippen molar-refractivity contribution in [2.75, 3.05) is 11.4 Å². The van der Waals surface area contributed by atoms with E-state index < -0.39 is 0 Å². The van der Waals surface area contributed by atoms with E-state index in [4.69, 9.17) is 0 Å². The van der Waals surface area contributed by atoms with Gasteiger partial charge in [-0.25, -0.2) is 0 Å². The van der Waals surface area contributed by atoms with Crippen LogP contribution in [0.15, 0.2) is 24.3 Å². The number of anilines is 1. The molecule has 72 valence electrons. The zero-order valence-electron chi connectivity index (χ0n) is 7.43. The standard InChI is InChI=1S/C10H9NO3/c12-7-5-10(14)11(6-7)8-3-1-2-4-9(8)13/h1-4,13H,5-6H2. The van der Waals surface area contributed by atoms with Gasteiger partial charge in [-0.05, 0) is 12.1 Å². The molecular weight excluding hydrogens is 182 g/mol. The molecule has 1 N–H and O–H groups in total. The molecular formula is C10H9NO3. The molecule has 1 saturated heterocycles. The third-order valence-electron chi connectivity index (χ3n) is 2.16.